The van der Waals surface area contributed by atoms with Gasteiger partial charge in [-0.05, 0) is 29.0 Å². The second-order valence-electron chi connectivity index (χ2n) is 5.51. The average molecular weight is 386 g/mol. The standard InChI is InChI=1S/C21H17Cl2NO2/c1-2-12-25-21-11-10-15-6-3-4-7-16(15)17(21)13-24-26-14-18-19(22)8-5-9-20(18)23/h2-11,13H,1,12,14H2. The number of oxime groups is 1. The lowest BCUT2D eigenvalue weighted by Crippen LogP contribution is -1.98. The summed E-state index contributed by atoms with van der Waals surface area (Å²) in [5.41, 5.74) is 1.55. The normalized spacial score (nSPS) is 11.0. The minimum Gasteiger partial charge on any atom is -0.489 e. The van der Waals surface area contributed by atoms with Crippen LogP contribution in [0.4, 0.5) is 0 Å². The molecule has 0 bridgehead atoms. The predicted octanol–water partition coefficient (Wildman–Crippen LogP) is 6.26. The minimum atomic E-state index is 0.183. The van der Waals surface area contributed by atoms with Crippen molar-refractivity contribution < 1.29 is 9.57 Å². The van der Waals surface area contributed by atoms with Crippen molar-refractivity contribution in [1.29, 1.82) is 0 Å². The van der Waals surface area contributed by atoms with Gasteiger partial charge in [0, 0.05) is 21.2 Å². The first-order chi connectivity index (χ1) is 12.7. The highest BCUT2D eigenvalue weighted by Crippen LogP contribution is 2.27. The summed E-state index contributed by atoms with van der Waals surface area (Å²) in [4.78, 5) is 5.42. The third kappa shape index (κ3) is 4.18. The molecule has 3 nitrogen and oxygen atoms in total. The molecule has 0 amide bonds. The van der Waals surface area contributed by atoms with Crippen molar-refractivity contribution in [3.05, 3.63) is 88.4 Å². The number of rotatable bonds is 7. The maximum absolute atomic E-state index is 6.14. The van der Waals surface area contributed by atoms with Crippen LogP contribution in [0.2, 0.25) is 10.0 Å². The smallest absolute Gasteiger partial charge is 0.145 e. The molecule has 0 saturated carbocycles. The molecule has 0 aliphatic rings. The van der Waals surface area contributed by atoms with Crippen molar-refractivity contribution in [3.63, 3.8) is 0 Å². The molecule has 3 aromatic carbocycles. The predicted molar refractivity (Wildman–Crippen MR) is 108 cm³/mol. The van der Waals surface area contributed by atoms with E-state index in [0.29, 0.717) is 28.0 Å². The Hall–Kier alpha value is -2.49. The largest absolute Gasteiger partial charge is 0.489 e. The lowest BCUT2D eigenvalue weighted by atomic mass is 10.0. The van der Waals surface area contributed by atoms with Gasteiger partial charge in [-0.15, -0.1) is 0 Å². The van der Waals surface area contributed by atoms with Gasteiger partial charge in [-0.25, -0.2) is 0 Å². The number of ether oxygens (including phenoxy) is 1. The first-order valence-corrected chi connectivity index (χ1v) is 8.80. The number of hydrogen-bond acceptors (Lipinski definition) is 3. The second-order valence-corrected chi connectivity index (χ2v) is 6.32. The van der Waals surface area contributed by atoms with E-state index in [9.17, 15) is 0 Å². The third-order valence-electron chi connectivity index (χ3n) is 3.81. The summed E-state index contributed by atoms with van der Waals surface area (Å²) in [6.45, 7) is 4.28. The van der Waals surface area contributed by atoms with Gasteiger partial charge in [0.05, 0.1) is 6.21 Å². The Morgan fingerprint density at radius 1 is 0.962 bits per heavy atom. The van der Waals surface area contributed by atoms with Gasteiger partial charge in [0.2, 0.25) is 0 Å². The monoisotopic (exact) mass is 385 g/mol. The van der Waals surface area contributed by atoms with E-state index in [-0.39, 0.29) is 6.61 Å². The zero-order chi connectivity index (χ0) is 18.4. The molecule has 0 aliphatic heterocycles. The van der Waals surface area contributed by atoms with Crippen LogP contribution in [0.3, 0.4) is 0 Å². The summed E-state index contributed by atoms with van der Waals surface area (Å²) < 4.78 is 5.74. The van der Waals surface area contributed by atoms with Gasteiger partial charge in [0.25, 0.3) is 0 Å². The van der Waals surface area contributed by atoms with Crippen LogP contribution in [-0.2, 0) is 11.4 Å². The highest BCUT2D eigenvalue weighted by Gasteiger charge is 2.08. The summed E-state index contributed by atoms with van der Waals surface area (Å²) in [6, 6.07) is 17.3. The summed E-state index contributed by atoms with van der Waals surface area (Å²) in [6.07, 6.45) is 3.34. The summed E-state index contributed by atoms with van der Waals surface area (Å²) in [7, 11) is 0. The highest BCUT2D eigenvalue weighted by molar-refractivity contribution is 6.35. The summed E-state index contributed by atoms with van der Waals surface area (Å²) in [5.74, 6) is 0.715. The van der Waals surface area contributed by atoms with Gasteiger partial charge in [-0.1, -0.05) is 77.4 Å². The molecule has 26 heavy (non-hydrogen) atoms. The molecule has 0 heterocycles. The molecule has 0 fully saturated rings. The van der Waals surface area contributed by atoms with Crippen LogP contribution in [-0.4, -0.2) is 12.8 Å². The van der Waals surface area contributed by atoms with E-state index in [1.807, 2.05) is 36.4 Å². The second kappa shape index (κ2) is 8.75. The lowest BCUT2D eigenvalue weighted by Gasteiger charge is -2.10. The van der Waals surface area contributed by atoms with Crippen molar-refractivity contribution in [3.8, 4) is 5.75 Å². The molecule has 0 unspecified atom stereocenters. The Labute approximate surface area is 162 Å². The number of benzene rings is 3. The Kier molecular flexibility index (Phi) is 6.16. The minimum absolute atomic E-state index is 0.183. The molecule has 3 aromatic rings. The molecule has 0 aliphatic carbocycles. The molecule has 0 saturated heterocycles. The zero-order valence-electron chi connectivity index (χ0n) is 14.0. The molecule has 3 rings (SSSR count). The van der Waals surface area contributed by atoms with Crippen LogP contribution in [0, 0.1) is 0 Å². The molecule has 0 N–H and O–H groups in total. The van der Waals surface area contributed by atoms with Gasteiger partial charge < -0.3 is 9.57 Å². The molecule has 0 spiro atoms. The van der Waals surface area contributed by atoms with E-state index in [2.05, 4.69) is 11.7 Å². The summed E-state index contributed by atoms with van der Waals surface area (Å²) in [5, 5.41) is 7.30. The zero-order valence-corrected chi connectivity index (χ0v) is 15.5. The van der Waals surface area contributed by atoms with Crippen LogP contribution in [0.25, 0.3) is 10.8 Å². The first-order valence-electron chi connectivity index (χ1n) is 8.04. The van der Waals surface area contributed by atoms with Crippen molar-refractivity contribution in [2.75, 3.05) is 6.61 Å². The van der Waals surface area contributed by atoms with E-state index in [4.69, 9.17) is 32.8 Å². The molecule has 0 aromatic heterocycles. The number of nitrogens with zero attached hydrogens (tertiary/aromatic N) is 1. The number of halogens is 2. The topological polar surface area (TPSA) is 30.8 Å². The first kappa shape index (κ1) is 18.3. The maximum atomic E-state index is 6.14. The molecule has 0 atom stereocenters. The Morgan fingerprint density at radius 3 is 2.50 bits per heavy atom. The van der Waals surface area contributed by atoms with Crippen LogP contribution >= 0.6 is 23.2 Å². The van der Waals surface area contributed by atoms with E-state index in [0.717, 1.165) is 16.3 Å². The average Bonchev–Trinajstić information content (AvgIpc) is 2.66. The fraction of sp³-hybridized carbons (Fsp3) is 0.0952. The van der Waals surface area contributed by atoms with Gasteiger partial charge in [0.1, 0.15) is 19.0 Å². The molecule has 0 radical (unpaired) electrons. The van der Waals surface area contributed by atoms with Gasteiger partial charge in [-0.3, -0.25) is 0 Å². The number of fused-ring (bicyclic) bond motifs is 1. The Bertz CT molecular complexity index is 934. The highest BCUT2D eigenvalue weighted by atomic mass is 35.5. The van der Waals surface area contributed by atoms with Crippen LogP contribution in [0.5, 0.6) is 5.75 Å². The van der Waals surface area contributed by atoms with E-state index >= 15 is 0 Å². The van der Waals surface area contributed by atoms with Gasteiger partial charge >= 0.3 is 0 Å². The summed E-state index contributed by atoms with van der Waals surface area (Å²) >= 11 is 12.3. The molecular formula is C21H17Cl2NO2. The fourth-order valence-electron chi connectivity index (χ4n) is 2.55. The van der Waals surface area contributed by atoms with Crippen LogP contribution < -0.4 is 4.74 Å². The van der Waals surface area contributed by atoms with E-state index in [1.54, 1.807) is 30.5 Å². The van der Waals surface area contributed by atoms with Crippen molar-refractivity contribution >= 4 is 40.2 Å². The molecule has 132 valence electrons. The van der Waals surface area contributed by atoms with Crippen molar-refractivity contribution in [2.24, 2.45) is 5.16 Å². The van der Waals surface area contributed by atoms with Gasteiger partial charge in [0.15, 0.2) is 0 Å². The fourth-order valence-corrected chi connectivity index (χ4v) is 3.05. The molecule has 5 heteroatoms. The van der Waals surface area contributed by atoms with Crippen molar-refractivity contribution in [1.82, 2.24) is 0 Å². The quantitative estimate of drug-likeness (QED) is 0.273. The number of hydrogen-bond donors (Lipinski definition) is 0. The van der Waals surface area contributed by atoms with Gasteiger partial charge in [-0.2, -0.15) is 0 Å². The van der Waals surface area contributed by atoms with Crippen LogP contribution in [0.1, 0.15) is 11.1 Å². The maximum Gasteiger partial charge on any atom is 0.145 e. The van der Waals surface area contributed by atoms with Crippen molar-refractivity contribution in [2.45, 2.75) is 6.61 Å². The Morgan fingerprint density at radius 2 is 1.73 bits per heavy atom. The third-order valence-corrected chi connectivity index (χ3v) is 4.52. The Balaban J connectivity index is 1.84. The SMILES string of the molecule is C=CCOc1ccc2ccccc2c1C=NOCc1c(Cl)cccc1Cl. The van der Waals surface area contributed by atoms with Crippen LogP contribution in [0.15, 0.2) is 72.4 Å². The lowest BCUT2D eigenvalue weighted by molar-refractivity contribution is 0.132. The molecular weight excluding hydrogens is 369 g/mol. The van der Waals surface area contributed by atoms with E-state index in [1.165, 1.54) is 0 Å². The van der Waals surface area contributed by atoms with E-state index < -0.39 is 0 Å².